The molecule has 0 amide bonds. The summed E-state index contributed by atoms with van der Waals surface area (Å²) >= 11 is 6.14. The van der Waals surface area contributed by atoms with Crippen LogP contribution in [-0.2, 0) is 0 Å². The Hall–Kier alpha value is 1.21. The number of rotatable bonds is 1. The molecule has 54 valence electrons. The molecule has 0 aromatic heterocycles. The van der Waals surface area contributed by atoms with Crippen LogP contribution in [0.15, 0.2) is 0 Å². The van der Waals surface area contributed by atoms with Gasteiger partial charge in [0.1, 0.15) is 0 Å². The van der Waals surface area contributed by atoms with Gasteiger partial charge < -0.3 is 0 Å². The molecule has 2 atom stereocenters. The summed E-state index contributed by atoms with van der Waals surface area (Å²) in [7, 11) is 0. The Morgan fingerprint density at radius 2 is 2.00 bits per heavy atom. The van der Waals surface area contributed by atoms with Crippen LogP contribution in [0.4, 0.5) is 0 Å². The minimum absolute atomic E-state index is 0.940. The highest BCUT2D eigenvalue weighted by Crippen LogP contribution is 2.31. The van der Waals surface area contributed by atoms with Crippen molar-refractivity contribution in [1.82, 2.24) is 0 Å². The lowest BCUT2D eigenvalue weighted by atomic mass is 9.91. The molecule has 0 N–H and O–H groups in total. The first-order valence-corrected chi connectivity index (χ1v) is 5.91. The average Bonchev–Trinajstić information content (AvgIpc) is 1.89. The Morgan fingerprint density at radius 1 is 1.33 bits per heavy atom. The lowest BCUT2D eigenvalue weighted by molar-refractivity contribution is 0.416. The Bertz CT molecular complexity index is 85.0. The number of hydrogen-bond donors (Lipinski definition) is 0. The molecule has 0 saturated heterocycles. The summed E-state index contributed by atoms with van der Waals surface area (Å²) < 4.78 is 0.940. The molecule has 1 rings (SSSR count). The second-order valence-electron chi connectivity index (χ2n) is 2.71. The van der Waals surface area contributed by atoms with E-state index in [0.29, 0.717) is 0 Å². The van der Waals surface area contributed by atoms with E-state index in [1.165, 1.54) is 31.0 Å². The second kappa shape index (κ2) is 4.16. The molecule has 1 aliphatic rings. The maximum atomic E-state index is 3.55. The van der Waals surface area contributed by atoms with Crippen molar-refractivity contribution in [3.8, 4) is 0 Å². The molecule has 0 radical (unpaired) electrons. The molecule has 0 aromatic carbocycles. The highest BCUT2D eigenvalue weighted by atomic mass is 127. The molecule has 9 heavy (non-hydrogen) atoms. The lowest BCUT2D eigenvalue weighted by Crippen LogP contribution is -2.19. The van der Waals surface area contributed by atoms with E-state index in [9.17, 15) is 0 Å². The first kappa shape index (κ1) is 8.31. The van der Waals surface area contributed by atoms with Crippen LogP contribution in [0.2, 0.25) is 0 Å². The van der Waals surface area contributed by atoms with Gasteiger partial charge in [0.25, 0.3) is 0 Å². The lowest BCUT2D eigenvalue weighted by Gasteiger charge is -2.25. The summed E-state index contributed by atoms with van der Waals surface area (Å²) in [6, 6.07) is 0. The van der Waals surface area contributed by atoms with Crippen molar-refractivity contribution < 1.29 is 0 Å². The van der Waals surface area contributed by atoms with Gasteiger partial charge >= 0.3 is 0 Å². The molecule has 0 bridgehead atoms. The fraction of sp³-hybridized carbons (Fsp3) is 1.00. The summed E-state index contributed by atoms with van der Waals surface area (Å²) in [6.45, 7) is 0. The summed E-state index contributed by atoms with van der Waals surface area (Å²) in [5, 5.41) is 1.21. The van der Waals surface area contributed by atoms with E-state index >= 15 is 0 Å². The van der Waals surface area contributed by atoms with Crippen LogP contribution in [0.1, 0.15) is 25.7 Å². The molecule has 0 heterocycles. The average molecular weight is 303 g/mol. The van der Waals surface area contributed by atoms with Gasteiger partial charge in [-0.2, -0.15) is 0 Å². The Kier molecular flexibility index (Phi) is 3.84. The first-order chi connectivity index (χ1) is 4.34. The summed E-state index contributed by atoms with van der Waals surface area (Å²) in [5.74, 6) is 0.958. The van der Waals surface area contributed by atoms with Crippen molar-refractivity contribution in [1.29, 1.82) is 0 Å². The van der Waals surface area contributed by atoms with Crippen LogP contribution in [0.5, 0.6) is 0 Å². The molecule has 1 saturated carbocycles. The molecule has 0 aliphatic heterocycles. The van der Waals surface area contributed by atoms with Crippen LogP contribution < -0.4 is 0 Å². The quantitative estimate of drug-likeness (QED) is 0.514. The molecule has 0 spiro atoms. The van der Waals surface area contributed by atoms with E-state index in [1.807, 2.05) is 0 Å². The van der Waals surface area contributed by atoms with E-state index in [-0.39, 0.29) is 0 Å². The normalized spacial score (nSPS) is 36.7. The topological polar surface area (TPSA) is 0 Å². The van der Waals surface area contributed by atoms with Gasteiger partial charge in [-0.05, 0) is 18.8 Å². The molecule has 2 heteroatoms. The number of hydrogen-bond acceptors (Lipinski definition) is 0. The van der Waals surface area contributed by atoms with Gasteiger partial charge in [0.05, 0.1) is 0 Å². The third-order valence-corrected chi connectivity index (χ3v) is 4.49. The molecule has 0 unspecified atom stereocenters. The van der Waals surface area contributed by atoms with Crippen molar-refractivity contribution >= 4 is 38.5 Å². The van der Waals surface area contributed by atoms with Crippen LogP contribution in [0, 0.1) is 5.92 Å². The minimum atomic E-state index is 0.940. The highest BCUT2D eigenvalue weighted by Gasteiger charge is 2.20. The van der Waals surface area contributed by atoms with E-state index in [2.05, 4.69) is 38.5 Å². The second-order valence-corrected chi connectivity index (χ2v) is 4.96. The van der Waals surface area contributed by atoms with Gasteiger partial charge in [-0.25, -0.2) is 0 Å². The van der Waals surface area contributed by atoms with Crippen molar-refractivity contribution in [2.24, 2.45) is 5.92 Å². The number of halogens is 2. The largest absolute Gasteiger partial charge is 0.0925 e. The SMILES string of the molecule is BrC[C@@H]1CCCC[C@@H]1I. The van der Waals surface area contributed by atoms with Crippen LogP contribution >= 0.6 is 38.5 Å². The van der Waals surface area contributed by atoms with Gasteiger partial charge in [-0.15, -0.1) is 0 Å². The summed E-state index contributed by atoms with van der Waals surface area (Å²) in [4.78, 5) is 0. The Balaban J connectivity index is 2.30. The third kappa shape index (κ3) is 2.37. The first-order valence-electron chi connectivity index (χ1n) is 3.54. The van der Waals surface area contributed by atoms with Crippen molar-refractivity contribution in [2.75, 3.05) is 5.33 Å². The van der Waals surface area contributed by atoms with Crippen LogP contribution in [0.25, 0.3) is 0 Å². The van der Waals surface area contributed by atoms with E-state index in [0.717, 1.165) is 9.84 Å². The molecule has 0 aromatic rings. The summed E-state index contributed by atoms with van der Waals surface area (Å²) in [5.41, 5.74) is 0. The van der Waals surface area contributed by atoms with E-state index in [4.69, 9.17) is 0 Å². The fourth-order valence-corrected chi connectivity index (χ4v) is 3.86. The van der Waals surface area contributed by atoms with Crippen molar-refractivity contribution in [3.63, 3.8) is 0 Å². The van der Waals surface area contributed by atoms with Gasteiger partial charge in [0.15, 0.2) is 0 Å². The molecular formula is C7H12BrI. The van der Waals surface area contributed by atoms with Gasteiger partial charge in [0.2, 0.25) is 0 Å². The summed E-state index contributed by atoms with van der Waals surface area (Å²) in [6.07, 6.45) is 5.79. The predicted molar refractivity (Wildman–Crippen MR) is 53.6 cm³/mol. The highest BCUT2D eigenvalue weighted by molar-refractivity contribution is 14.1. The van der Waals surface area contributed by atoms with Crippen LogP contribution in [-0.4, -0.2) is 9.25 Å². The minimum Gasteiger partial charge on any atom is -0.0925 e. The fourth-order valence-electron chi connectivity index (χ4n) is 1.34. The Morgan fingerprint density at radius 3 is 2.44 bits per heavy atom. The zero-order valence-electron chi connectivity index (χ0n) is 5.45. The van der Waals surface area contributed by atoms with Gasteiger partial charge in [0, 0.05) is 9.25 Å². The van der Waals surface area contributed by atoms with Crippen molar-refractivity contribution in [2.45, 2.75) is 29.6 Å². The molecule has 0 nitrogen and oxygen atoms in total. The Labute approximate surface area is 79.1 Å². The maximum absolute atomic E-state index is 3.55. The standard InChI is InChI=1S/C7H12BrI/c8-5-6-3-1-2-4-7(6)9/h6-7H,1-5H2/t6-,7-/m0/s1. The maximum Gasteiger partial charge on any atom is 0.0146 e. The van der Waals surface area contributed by atoms with Crippen LogP contribution in [0.3, 0.4) is 0 Å². The molecule has 1 aliphatic carbocycles. The molecular weight excluding hydrogens is 291 g/mol. The van der Waals surface area contributed by atoms with Gasteiger partial charge in [-0.3, -0.25) is 0 Å². The van der Waals surface area contributed by atoms with E-state index in [1.54, 1.807) is 0 Å². The van der Waals surface area contributed by atoms with E-state index < -0.39 is 0 Å². The molecule has 1 fully saturated rings. The number of alkyl halides is 2. The van der Waals surface area contributed by atoms with Gasteiger partial charge in [-0.1, -0.05) is 51.4 Å². The third-order valence-electron chi connectivity index (χ3n) is 2.01. The zero-order chi connectivity index (χ0) is 6.69. The zero-order valence-corrected chi connectivity index (χ0v) is 9.19. The van der Waals surface area contributed by atoms with Crippen molar-refractivity contribution in [3.05, 3.63) is 0 Å². The predicted octanol–water partition coefficient (Wildman–Crippen LogP) is 3.38. The monoisotopic (exact) mass is 302 g/mol. The smallest absolute Gasteiger partial charge is 0.0146 e.